The predicted molar refractivity (Wildman–Crippen MR) is 71.4 cm³/mol. The number of halogens is 1. The lowest BCUT2D eigenvalue weighted by molar-refractivity contribution is -0.118. The van der Waals surface area contributed by atoms with E-state index in [2.05, 4.69) is 5.32 Å². The molecule has 1 amide bonds. The van der Waals surface area contributed by atoms with Gasteiger partial charge in [0.1, 0.15) is 5.75 Å². The summed E-state index contributed by atoms with van der Waals surface area (Å²) in [7, 11) is 0. The number of nitrogens with two attached hydrogens (primary N) is 1. The van der Waals surface area contributed by atoms with Crippen LogP contribution in [0.15, 0.2) is 24.3 Å². The summed E-state index contributed by atoms with van der Waals surface area (Å²) in [4.78, 5) is 11.7. The van der Waals surface area contributed by atoms with Crippen LogP contribution in [0.4, 0.5) is 5.69 Å². The number of nitrogens with one attached hydrogen (secondary N) is 1. The van der Waals surface area contributed by atoms with Crippen LogP contribution in [0.1, 0.15) is 20.3 Å². The van der Waals surface area contributed by atoms with Gasteiger partial charge in [-0.3, -0.25) is 4.79 Å². The summed E-state index contributed by atoms with van der Waals surface area (Å²) in [5.74, 6) is 0.126. The van der Waals surface area contributed by atoms with Crippen molar-refractivity contribution >= 4 is 24.0 Å². The van der Waals surface area contributed by atoms with Crippen molar-refractivity contribution in [2.24, 2.45) is 11.7 Å². The summed E-state index contributed by atoms with van der Waals surface area (Å²) in [5.41, 5.74) is 6.43. The zero-order valence-corrected chi connectivity index (χ0v) is 10.8. The van der Waals surface area contributed by atoms with Gasteiger partial charge in [0, 0.05) is 5.69 Å². The topological polar surface area (TPSA) is 75.4 Å². The molecule has 0 bridgehead atoms. The molecular weight excluding hydrogens is 240 g/mol. The van der Waals surface area contributed by atoms with Crippen molar-refractivity contribution in [2.75, 3.05) is 5.32 Å². The van der Waals surface area contributed by atoms with Crippen LogP contribution in [0.25, 0.3) is 0 Å². The van der Waals surface area contributed by atoms with Gasteiger partial charge in [-0.1, -0.05) is 20.3 Å². The molecule has 5 heteroatoms. The molecule has 2 atom stereocenters. The standard InChI is InChI=1S/C12H18N2O2.ClH/c1-3-8(2)11(13)12(16)14-9-4-6-10(15)7-5-9;/h4-8,11,15H,3,13H2,1-2H3,(H,14,16);1H. The second kappa shape index (κ2) is 7.14. The molecule has 0 heterocycles. The molecule has 4 nitrogen and oxygen atoms in total. The van der Waals surface area contributed by atoms with Crippen LogP contribution in [0.5, 0.6) is 5.75 Å². The van der Waals surface area contributed by atoms with E-state index >= 15 is 0 Å². The molecule has 0 aliphatic rings. The maximum Gasteiger partial charge on any atom is 0.241 e. The fourth-order valence-corrected chi connectivity index (χ4v) is 1.28. The Morgan fingerprint density at radius 3 is 2.41 bits per heavy atom. The summed E-state index contributed by atoms with van der Waals surface area (Å²) < 4.78 is 0. The Labute approximate surface area is 108 Å². The first-order chi connectivity index (χ1) is 7.54. The minimum absolute atomic E-state index is 0. The number of anilines is 1. The maximum atomic E-state index is 11.7. The number of aromatic hydroxyl groups is 1. The molecule has 0 aromatic heterocycles. The van der Waals surface area contributed by atoms with Crippen LogP contribution < -0.4 is 11.1 Å². The molecule has 17 heavy (non-hydrogen) atoms. The van der Waals surface area contributed by atoms with Crippen molar-refractivity contribution in [3.05, 3.63) is 24.3 Å². The van der Waals surface area contributed by atoms with E-state index in [0.717, 1.165) is 6.42 Å². The van der Waals surface area contributed by atoms with Crippen LogP contribution in [0.2, 0.25) is 0 Å². The highest BCUT2D eigenvalue weighted by Crippen LogP contribution is 2.15. The van der Waals surface area contributed by atoms with Gasteiger partial charge in [0.2, 0.25) is 5.91 Å². The smallest absolute Gasteiger partial charge is 0.241 e. The second-order valence-electron chi connectivity index (χ2n) is 3.95. The number of hydrogen-bond acceptors (Lipinski definition) is 3. The van der Waals surface area contributed by atoms with Crippen molar-refractivity contribution in [2.45, 2.75) is 26.3 Å². The Kier molecular flexibility index (Phi) is 6.61. The van der Waals surface area contributed by atoms with E-state index in [1.54, 1.807) is 12.1 Å². The summed E-state index contributed by atoms with van der Waals surface area (Å²) in [6.45, 7) is 3.94. The van der Waals surface area contributed by atoms with Crippen molar-refractivity contribution < 1.29 is 9.90 Å². The number of hydrogen-bond donors (Lipinski definition) is 3. The molecule has 4 N–H and O–H groups in total. The normalized spacial score (nSPS) is 13.4. The van der Waals surface area contributed by atoms with Gasteiger partial charge in [0.05, 0.1) is 6.04 Å². The van der Waals surface area contributed by atoms with Gasteiger partial charge in [-0.25, -0.2) is 0 Å². The van der Waals surface area contributed by atoms with Gasteiger partial charge < -0.3 is 16.2 Å². The lowest BCUT2D eigenvalue weighted by atomic mass is 9.99. The quantitative estimate of drug-likeness (QED) is 0.724. The molecule has 1 aromatic carbocycles. The van der Waals surface area contributed by atoms with Crippen LogP contribution in [-0.4, -0.2) is 17.1 Å². The number of amides is 1. The number of phenolic OH excluding ortho intramolecular Hbond substituents is 1. The monoisotopic (exact) mass is 258 g/mol. The number of phenols is 1. The van der Waals surface area contributed by atoms with Crippen molar-refractivity contribution in [3.63, 3.8) is 0 Å². The van der Waals surface area contributed by atoms with Gasteiger partial charge in [-0.15, -0.1) is 12.4 Å². The van der Waals surface area contributed by atoms with Gasteiger partial charge >= 0.3 is 0 Å². The lowest BCUT2D eigenvalue weighted by Gasteiger charge is -2.17. The Hall–Kier alpha value is -1.26. The van der Waals surface area contributed by atoms with Crippen LogP contribution >= 0.6 is 12.4 Å². The predicted octanol–water partition coefficient (Wildman–Crippen LogP) is 2.13. The molecule has 0 saturated carbocycles. The van der Waals surface area contributed by atoms with E-state index in [0.29, 0.717) is 5.69 Å². The van der Waals surface area contributed by atoms with E-state index in [4.69, 9.17) is 10.8 Å². The zero-order valence-electron chi connectivity index (χ0n) is 10.0. The zero-order chi connectivity index (χ0) is 12.1. The highest BCUT2D eigenvalue weighted by atomic mass is 35.5. The summed E-state index contributed by atoms with van der Waals surface area (Å²) >= 11 is 0. The van der Waals surface area contributed by atoms with Gasteiger partial charge in [-0.2, -0.15) is 0 Å². The lowest BCUT2D eigenvalue weighted by Crippen LogP contribution is -2.40. The first kappa shape index (κ1) is 15.7. The Bertz CT molecular complexity index is 354. The van der Waals surface area contributed by atoms with E-state index in [-0.39, 0.29) is 30.0 Å². The van der Waals surface area contributed by atoms with E-state index in [9.17, 15) is 4.79 Å². The minimum Gasteiger partial charge on any atom is -0.508 e. The highest BCUT2D eigenvalue weighted by molar-refractivity contribution is 5.94. The SMILES string of the molecule is CCC(C)C(N)C(=O)Nc1ccc(O)cc1.Cl. The fraction of sp³-hybridized carbons (Fsp3) is 0.417. The molecule has 96 valence electrons. The third-order valence-corrected chi connectivity index (χ3v) is 2.69. The number of rotatable bonds is 4. The Morgan fingerprint density at radius 2 is 1.94 bits per heavy atom. The first-order valence-corrected chi connectivity index (χ1v) is 5.40. The molecule has 0 fully saturated rings. The summed E-state index contributed by atoms with van der Waals surface area (Å²) in [6.07, 6.45) is 0.865. The minimum atomic E-state index is -0.501. The molecule has 0 spiro atoms. The van der Waals surface area contributed by atoms with E-state index in [1.165, 1.54) is 12.1 Å². The summed E-state index contributed by atoms with van der Waals surface area (Å²) in [6, 6.07) is 5.81. The van der Waals surface area contributed by atoms with E-state index in [1.807, 2.05) is 13.8 Å². The molecule has 0 aliphatic carbocycles. The first-order valence-electron chi connectivity index (χ1n) is 5.40. The van der Waals surface area contributed by atoms with Crippen molar-refractivity contribution in [1.29, 1.82) is 0 Å². The number of carbonyl (C=O) groups is 1. The molecular formula is C12H19ClN2O2. The Morgan fingerprint density at radius 1 is 1.41 bits per heavy atom. The Balaban J connectivity index is 0.00000256. The van der Waals surface area contributed by atoms with Crippen molar-refractivity contribution in [1.82, 2.24) is 0 Å². The molecule has 0 radical (unpaired) electrons. The van der Waals surface area contributed by atoms with Crippen LogP contribution in [-0.2, 0) is 4.79 Å². The average molecular weight is 259 g/mol. The van der Waals surface area contributed by atoms with Gasteiger partial charge in [0.25, 0.3) is 0 Å². The largest absolute Gasteiger partial charge is 0.508 e. The molecule has 0 aliphatic heterocycles. The number of benzene rings is 1. The molecule has 1 aromatic rings. The van der Waals surface area contributed by atoms with Gasteiger partial charge in [0.15, 0.2) is 0 Å². The fourth-order valence-electron chi connectivity index (χ4n) is 1.28. The molecule has 1 rings (SSSR count). The van der Waals surface area contributed by atoms with Crippen LogP contribution in [0.3, 0.4) is 0 Å². The highest BCUT2D eigenvalue weighted by Gasteiger charge is 2.19. The molecule has 2 unspecified atom stereocenters. The average Bonchev–Trinajstić information content (AvgIpc) is 2.30. The maximum absolute atomic E-state index is 11.7. The van der Waals surface area contributed by atoms with Gasteiger partial charge in [-0.05, 0) is 30.2 Å². The third-order valence-electron chi connectivity index (χ3n) is 2.69. The summed E-state index contributed by atoms with van der Waals surface area (Å²) in [5, 5.41) is 11.8. The van der Waals surface area contributed by atoms with Crippen LogP contribution in [0, 0.1) is 5.92 Å². The number of carbonyl (C=O) groups excluding carboxylic acids is 1. The van der Waals surface area contributed by atoms with E-state index < -0.39 is 6.04 Å². The van der Waals surface area contributed by atoms with Crippen molar-refractivity contribution in [3.8, 4) is 5.75 Å². The third kappa shape index (κ3) is 4.63. The molecule has 0 saturated heterocycles. The second-order valence-corrected chi connectivity index (χ2v) is 3.95.